The Balaban J connectivity index is 0.00000192. The van der Waals surface area contributed by atoms with Crippen molar-refractivity contribution in [1.82, 2.24) is 10.2 Å². The van der Waals surface area contributed by atoms with Crippen LogP contribution >= 0.6 is 12.4 Å². The van der Waals surface area contributed by atoms with Crippen LogP contribution in [0.2, 0.25) is 0 Å². The Morgan fingerprint density at radius 1 is 1.09 bits per heavy atom. The molecule has 1 aromatic carbocycles. The highest BCUT2D eigenvalue weighted by atomic mass is 35.5. The van der Waals surface area contributed by atoms with Gasteiger partial charge in [0.1, 0.15) is 5.82 Å². The van der Waals surface area contributed by atoms with Crippen molar-refractivity contribution < 1.29 is 17.6 Å². The molecule has 7 heteroatoms. The molecule has 2 heterocycles. The molecule has 2 fully saturated rings. The van der Waals surface area contributed by atoms with Crippen molar-refractivity contribution in [3.63, 3.8) is 0 Å². The third-order valence-electron chi connectivity index (χ3n) is 4.87. The standard InChI is InChI=1S/C16H20F4N2.ClH/c17-14-8-12(7-13(9-14)16(18,19)20)10-22-6-3-15(11-22)1-4-21-5-2-15;/h7-9,21H,1-6,10-11H2;1H. The molecule has 0 amide bonds. The van der Waals surface area contributed by atoms with Gasteiger partial charge >= 0.3 is 6.18 Å². The van der Waals surface area contributed by atoms with E-state index in [4.69, 9.17) is 0 Å². The zero-order valence-electron chi connectivity index (χ0n) is 12.8. The van der Waals surface area contributed by atoms with Crippen LogP contribution < -0.4 is 5.32 Å². The third kappa shape index (κ3) is 4.37. The van der Waals surface area contributed by atoms with Crippen LogP contribution in [0.15, 0.2) is 18.2 Å². The molecule has 1 spiro atoms. The normalized spacial score (nSPS) is 21.4. The van der Waals surface area contributed by atoms with Gasteiger partial charge in [0.15, 0.2) is 0 Å². The molecule has 0 aliphatic carbocycles. The summed E-state index contributed by atoms with van der Waals surface area (Å²) in [5, 5.41) is 3.34. The van der Waals surface area contributed by atoms with Gasteiger partial charge in [-0.3, -0.25) is 4.90 Å². The minimum atomic E-state index is -4.50. The fourth-order valence-electron chi connectivity index (χ4n) is 3.69. The summed E-state index contributed by atoms with van der Waals surface area (Å²) in [7, 11) is 0. The molecule has 3 rings (SSSR count). The molecule has 0 aromatic heterocycles. The van der Waals surface area contributed by atoms with E-state index in [1.807, 2.05) is 0 Å². The molecule has 1 aromatic rings. The van der Waals surface area contributed by atoms with Gasteiger partial charge < -0.3 is 5.32 Å². The highest BCUT2D eigenvalue weighted by molar-refractivity contribution is 5.85. The van der Waals surface area contributed by atoms with Crippen LogP contribution in [0.5, 0.6) is 0 Å². The molecule has 0 radical (unpaired) electrons. The first-order chi connectivity index (χ1) is 10.4. The lowest BCUT2D eigenvalue weighted by molar-refractivity contribution is -0.137. The maximum Gasteiger partial charge on any atom is 0.416 e. The Kier molecular flexibility index (Phi) is 5.59. The lowest BCUT2D eigenvalue weighted by atomic mass is 9.78. The molecule has 130 valence electrons. The molecule has 0 unspecified atom stereocenters. The first-order valence-electron chi connectivity index (χ1n) is 7.66. The largest absolute Gasteiger partial charge is 0.416 e. The monoisotopic (exact) mass is 352 g/mol. The second-order valence-corrected chi connectivity index (χ2v) is 6.56. The molecule has 23 heavy (non-hydrogen) atoms. The predicted molar refractivity (Wildman–Crippen MR) is 83.1 cm³/mol. The van der Waals surface area contributed by atoms with E-state index in [2.05, 4.69) is 10.2 Å². The Morgan fingerprint density at radius 2 is 1.78 bits per heavy atom. The molecule has 2 nitrogen and oxygen atoms in total. The molecule has 0 saturated carbocycles. The van der Waals surface area contributed by atoms with E-state index in [-0.39, 0.29) is 12.4 Å². The Hall–Kier alpha value is -0.850. The Morgan fingerprint density at radius 3 is 2.43 bits per heavy atom. The number of nitrogens with one attached hydrogen (secondary N) is 1. The molecule has 2 aliphatic heterocycles. The number of nitrogens with zero attached hydrogens (tertiary/aromatic N) is 1. The number of hydrogen-bond donors (Lipinski definition) is 1. The number of alkyl halides is 3. The van der Waals surface area contributed by atoms with E-state index >= 15 is 0 Å². The van der Waals surface area contributed by atoms with Crippen LogP contribution in [0.25, 0.3) is 0 Å². The van der Waals surface area contributed by atoms with Crippen LogP contribution in [0.4, 0.5) is 17.6 Å². The van der Waals surface area contributed by atoms with Crippen LogP contribution in [0.3, 0.4) is 0 Å². The molecule has 0 atom stereocenters. The second kappa shape index (κ2) is 6.95. The zero-order valence-corrected chi connectivity index (χ0v) is 13.6. The van der Waals surface area contributed by atoms with Crippen LogP contribution in [-0.2, 0) is 12.7 Å². The van der Waals surface area contributed by atoms with E-state index < -0.39 is 17.6 Å². The SMILES string of the molecule is Cl.Fc1cc(CN2CCC3(CCNCC3)C2)cc(C(F)(F)F)c1. The Labute approximate surface area is 139 Å². The first-order valence-corrected chi connectivity index (χ1v) is 7.66. The third-order valence-corrected chi connectivity index (χ3v) is 4.87. The topological polar surface area (TPSA) is 15.3 Å². The summed E-state index contributed by atoms with van der Waals surface area (Å²) in [6.07, 6.45) is -1.20. The maximum atomic E-state index is 13.5. The summed E-state index contributed by atoms with van der Waals surface area (Å²) in [5.74, 6) is -0.819. The fourth-order valence-corrected chi connectivity index (χ4v) is 3.69. The summed E-state index contributed by atoms with van der Waals surface area (Å²) < 4.78 is 51.7. The van der Waals surface area contributed by atoms with Crippen molar-refractivity contribution in [2.45, 2.75) is 32.0 Å². The predicted octanol–water partition coefficient (Wildman–Crippen LogP) is 3.84. The van der Waals surface area contributed by atoms with Gasteiger partial charge in [-0.25, -0.2) is 4.39 Å². The van der Waals surface area contributed by atoms with Gasteiger partial charge in [-0.1, -0.05) is 0 Å². The molecular formula is C16H21ClF4N2. The smallest absolute Gasteiger partial charge is 0.317 e. The minimum Gasteiger partial charge on any atom is -0.317 e. The zero-order chi connectivity index (χ0) is 15.8. The summed E-state index contributed by atoms with van der Waals surface area (Å²) >= 11 is 0. The van der Waals surface area contributed by atoms with E-state index in [0.717, 1.165) is 51.5 Å². The van der Waals surface area contributed by atoms with Gasteiger partial charge in [-0.2, -0.15) is 13.2 Å². The van der Waals surface area contributed by atoms with Crippen molar-refractivity contribution >= 4 is 12.4 Å². The van der Waals surface area contributed by atoms with Gasteiger partial charge in [0.05, 0.1) is 5.56 Å². The summed E-state index contributed by atoms with van der Waals surface area (Å²) in [6.45, 7) is 4.17. The van der Waals surface area contributed by atoms with Gasteiger partial charge in [0.2, 0.25) is 0 Å². The molecule has 2 aliphatic rings. The van der Waals surface area contributed by atoms with E-state index in [1.54, 1.807) is 0 Å². The summed E-state index contributed by atoms with van der Waals surface area (Å²) in [5.41, 5.74) is -0.206. The van der Waals surface area contributed by atoms with Crippen molar-refractivity contribution in [3.8, 4) is 0 Å². The summed E-state index contributed by atoms with van der Waals surface area (Å²) in [6, 6.07) is 2.83. The van der Waals surface area contributed by atoms with Crippen molar-refractivity contribution in [3.05, 3.63) is 35.1 Å². The molecule has 1 N–H and O–H groups in total. The maximum absolute atomic E-state index is 13.5. The number of hydrogen-bond acceptors (Lipinski definition) is 2. The van der Waals surface area contributed by atoms with Crippen LogP contribution in [0, 0.1) is 11.2 Å². The lowest BCUT2D eigenvalue weighted by Crippen LogP contribution is -2.38. The highest BCUT2D eigenvalue weighted by Crippen LogP contribution is 2.39. The highest BCUT2D eigenvalue weighted by Gasteiger charge is 2.39. The van der Waals surface area contributed by atoms with Crippen LogP contribution in [0.1, 0.15) is 30.4 Å². The van der Waals surface area contributed by atoms with E-state index in [1.165, 1.54) is 6.07 Å². The average molecular weight is 353 g/mol. The van der Waals surface area contributed by atoms with E-state index in [0.29, 0.717) is 23.6 Å². The van der Waals surface area contributed by atoms with Crippen molar-refractivity contribution in [2.24, 2.45) is 5.41 Å². The molecule has 0 bridgehead atoms. The number of benzene rings is 1. The van der Waals surface area contributed by atoms with Gasteiger partial charge in [0.25, 0.3) is 0 Å². The summed E-state index contributed by atoms with van der Waals surface area (Å²) in [4.78, 5) is 2.15. The quantitative estimate of drug-likeness (QED) is 0.813. The Bertz CT molecular complexity index is 541. The van der Waals surface area contributed by atoms with E-state index in [9.17, 15) is 17.6 Å². The first kappa shape index (κ1) is 18.5. The van der Waals surface area contributed by atoms with Crippen LogP contribution in [-0.4, -0.2) is 31.1 Å². The van der Waals surface area contributed by atoms with Gasteiger partial charge in [-0.05, 0) is 68.1 Å². The second-order valence-electron chi connectivity index (χ2n) is 6.56. The molecular weight excluding hydrogens is 332 g/mol. The number of rotatable bonds is 2. The minimum absolute atomic E-state index is 0. The lowest BCUT2D eigenvalue weighted by Gasteiger charge is -2.34. The molecule has 2 saturated heterocycles. The van der Waals surface area contributed by atoms with Crippen molar-refractivity contribution in [2.75, 3.05) is 26.2 Å². The average Bonchev–Trinajstić information content (AvgIpc) is 2.80. The van der Waals surface area contributed by atoms with Gasteiger partial charge in [-0.15, -0.1) is 12.4 Å². The number of halogens is 5. The number of likely N-dealkylation sites (tertiary alicyclic amines) is 1. The number of piperidine rings is 1. The van der Waals surface area contributed by atoms with Crippen molar-refractivity contribution in [1.29, 1.82) is 0 Å². The van der Waals surface area contributed by atoms with Gasteiger partial charge in [0, 0.05) is 13.1 Å². The fraction of sp³-hybridized carbons (Fsp3) is 0.625.